The van der Waals surface area contributed by atoms with Crippen LogP contribution in [0.3, 0.4) is 0 Å². The van der Waals surface area contributed by atoms with Crippen molar-refractivity contribution in [3.8, 4) is 22.3 Å². The van der Waals surface area contributed by atoms with Crippen molar-refractivity contribution in [3.05, 3.63) is 76.7 Å². The van der Waals surface area contributed by atoms with Gasteiger partial charge in [0.05, 0.1) is 23.7 Å². The molecular formula is C22H17N2O3S-. The van der Waals surface area contributed by atoms with Crippen LogP contribution >= 0.6 is 11.3 Å². The number of nitrogens with zero attached hydrogens (tertiary/aromatic N) is 2. The van der Waals surface area contributed by atoms with Crippen LogP contribution in [-0.2, 0) is 4.79 Å². The molecule has 0 aliphatic carbocycles. The minimum Gasteiger partial charge on any atom is -0.548 e. The van der Waals surface area contributed by atoms with Crippen LogP contribution in [0.1, 0.15) is 19.4 Å². The van der Waals surface area contributed by atoms with Crippen molar-refractivity contribution in [3.63, 3.8) is 0 Å². The maximum absolute atomic E-state index is 13.0. The number of carbonyl (C=O) groups is 1. The topological polar surface area (TPSA) is 75.0 Å². The smallest absolute Gasteiger partial charge is 0.263 e. The maximum Gasteiger partial charge on any atom is 0.263 e. The lowest BCUT2D eigenvalue weighted by molar-refractivity contribution is -0.310. The van der Waals surface area contributed by atoms with E-state index < -0.39 is 12.0 Å². The van der Waals surface area contributed by atoms with E-state index >= 15 is 0 Å². The van der Waals surface area contributed by atoms with Gasteiger partial charge in [-0.25, -0.2) is 4.98 Å². The first-order valence-electron chi connectivity index (χ1n) is 8.95. The van der Waals surface area contributed by atoms with Crippen LogP contribution in [-0.4, -0.2) is 15.5 Å². The number of hydrogen-bond donors (Lipinski definition) is 0. The molecule has 0 fully saturated rings. The number of hydrogen-bond acceptors (Lipinski definition) is 5. The summed E-state index contributed by atoms with van der Waals surface area (Å²) in [7, 11) is 0. The van der Waals surface area contributed by atoms with E-state index in [0.29, 0.717) is 10.2 Å². The summed E-state index contributed by atoms with van der Waals surface area (Å²) < 4.78 is 1.16. The second-order valence-corrected chi connectivity index (χ2v) is 7.33. The number of fused-ring (bicyclic) bond motifs is 1. The highest BCUT2D eigenvalue weighted by Crippen LogP contribution is 2.32. The zero-order valence-electron chi connectivity index (χ0n) is 15.2. The molecule has 2 heterocycles. The zero-order valence-corrected chi connectivity index (χ0v) is 16.0. The molecule has 140 valence electrons. The van der Waals surface area contributed by atoms with Gasteiger partial charge in [-0.1, -0.05) is 61.5 Å². The van der Waals surface area contributed by atoms with Crippen LogP contribution in [0.25, 0.3) is 32.5 Å². The van der Waals surface area contributed by atoms with Gasteiger partial charge in [0, 0.05) is 10.9 Å². The third-order valence-electron chi connectivity index (χ3n) is 4.82. The standard InChI is InChI=1S/C22H18N2O3S/c1-2-18(22(26)27)24-13-23-20-19(21(24)25)17(12-28-20)16-10-8-15(9-11-16)14-6-4-3-5-7-14/h3-13,18H,2H2,1H3,(H,26,27)/p-1/t18-/m1/s1. The van der Waals surface area contributed by atoms with Gasteiger partial charge in [0.2, 0.25) is 0 Å². The van der Waals surface area contributed by atoms with Crippen LogP contribution in [0.4, 0.5) is 0 Å². The van der Waals surface area contributed by atoms with Gasteiger partial charge in [-0.3, -0.25) is 9.36 Å². The minimum absolute atomic E-state index is 0.251. The Bertz CT molecular complexity index is 1190. The first-order valence-corrected chi connectivity index (χ1v) is 9.83. The van der Waals surface area contributed by atoms with Gasteiger partial charge in [0.15, 0.2) is 0 Å². The molecule has 6 heteroatoms. The predicted molar refractivity (Wildman–Crippen MR) is 109 cm³/mol. The number of aromatic nitrogens is 2. The minimum atomic E-state index is -1.28. The van der Waals surface area contributed by atoms with E-state index in [2.05, 4.69) is 4.98 Å². The molecule has 0 N–H and O–H groups in total. The number of carboxylic acid groups (broad SMARTS) is 1. The molecule has 0 amide bonds. The van der Waals surface area contributed by atoms with E-state index in [1.807, 2.05) is 60.0 Å². The Balaban J connectivity index is 1.81. The summed E-state index contributed by atoms with van der Waals surface area (Å²) in [6, 6.07) is 17.0. The summed E-state index contributed by atoms with van der Waals surface area (Å²) in [6.07, 6.45) is 1.55. The molecule has 4 rings (SSSR count). The van der Waals surface area contributed by atoms with E-state index in [0.717, 1.165) is 26.8 Å². The first-order chi connectivity index (χ1) is 13.6. The lowest BCUT2D eigenvalue weighted by atomic mass is 10.0. The van der Waals surface area contributed by atoms with E-state index in [1.165, 1.54) is 17.7 Å². The average Bonchev–Trinajstić information content (AvgIpc) is 3.16. The van der Waals surface area contributed by atoms with Crippen LogP contribution in [0.5, 0.6) is 0 Å². The summed E-state index contributed by atoms with van der Waals surface area (Å²) in [5.41, 5.74) is 3.50. The van der Waals surface area contributed by atoms with Crippen LogP contribution in [0.15, 0.2) is 71.1 Å². The van der Waals surface area contributed by atoms with E-state index in [9.17, 15) is 14.7 Å². The number of benzene rings is 2. The van der Waals surface area contributed by atoms with Crippen molar-refractivity contribution in [2.75, 3.05) is 0 Å². The Morgan fingerprint density at radius 2 is 1.71 bits per heavy atom. The van der Waals surface area contributed by atoms with E-state index in [1.54, 1.807) is 6.92 Å². The maximum atomic E-state index is 13.0. The Morgan fingerprint density at radius 1 is 1.07 bits per heavy atom. The van der Waals surface area contributed by atoms with Crippen molar-refractivity contribution < 1.29 is 9.90 Å². The monoisotopic (exact) mass is 389 g/mol. The van der Waals surface area contributed by atoms with Gasteiger partial charge < -0.3 is 9.90 Å². The lowest BCUT2D eigenvalue weighted by Crippen LogP contribution is -2.37. The number of thiophene rings is 1. The molecule has 2 aromatic heterocycles. The molecule has 0 saturated carbocycles. The van der Waals surface area contributed by atoms with Crippen molar-refractivity contribution in [1.82, 2.24) is 9.55 Å². The fraction of sp³-hybridized carbons (Fsp3) is 0.136. The van der Waals surface area contributed by atoms with Crippen LogP contribution in [0.2, 0.25) is 0 Å². The predicted octanol–water partition coefficient (Wildman–Crippen LogP) is 3.49. The summed E-state index contributed by atoms with van der Waals surface area (Å²) in [5.74, 6) is -1.28. The summed E-state index contributed by atoms with van der Waals surface area (Å²) in [5, 5.41) is 13.7. The fourth-order valence-corrected chi connectivity index (χ4v) is 4.24. The van der Waals surface area contributed by atoms with Gasteiger partial charge in [0.25, 0.3) is 5.56 Å². The van der Waals surface area contributed by atoms with Gasteiger partial charge >= 0.3 is 0 Å². The molecule has 0 radical (unpaired) electrons. The molecule has 0 bridgehead atoms. The molecule has 0 aliphatic rings. The van der Waals surface area contributed by atoms with Crippen molar-refractivity contribution in [2.45, 2.75) is 19.4 Å². The van der Waals surface area contributed by atoms with Crippen molar-refractivity contribution in [1.29, 1.82) is 0 Å². The van der Waals surface area contributed by atoms with Gasteiger partial charge in [0.1, 0.15) is 4.83 Å². The SMILES string of the molecule is CC[C@H](C(=O)[O-])n1cnc2scc(-c3ccc(-c4ccccc4)cc3)c2c1=O. The molecular weight excluding hydrogens is 372 g/mol. The third-order valence-corrected chi connectivity index (χ3v) is 5.70. The first kappa shape index (κ1) is 18.1. The van der Waals surface area contributed by atoms with Gasteiger partial charge in [-0.2, -0.15) is 0 Å². The molecule has 1 atom stereocenters. The molecule has 0 spiro atoms. The average molecular weight is 389 g/mol. The summed E-state index contributed by atoms with van der Waals surface area (Å²) in [6.45, 7) is 1.70. The van der Waals surface area contributed by atoms with Crippen molar-refractivity contribution >= 4 is 27.5 Å². The lowest BCUT2D eigenvalue weighted by Gasteiger charge is -2.18. The third kappa shape index (κ3) is 3.12. The molecule has 0 aliphatic heterocycles. The molecule has 28 heavy (non-hydrogen) atoms. The molecule has 5 nitrogen and oxygen atoms in total. The largest absolute Gasteiger partial charge is 0.548 e. The Kier molecular flexibility index (Phi) is 4.79. The van der Waals surface area contributed by atoms with Gasteiger partial charge in [-0.15, -0.1) is 11.3 Å². The quantitative estimate of drug-likeness (QED) is 0.524. The number of rotatable bonds is 5. The van der Waals surface area contributed by atoms with Crippen LogP contribution in [0, 0.1) is 0 Å². The molecule has 0 saturated heterocycles. The summed E-state index contributed by atoms with van der Waals surface area (Å²) in [4.78, 5) is 29.3. The number of aliphatic carboxylic acids is 1. The fourth-order valence-electron chi connectivity index (χ4n) is 3.33. The number of carbonyl (C=O) groups excluding carboxylic acids is 1. The second-order valence-electron chi connectivity index (χ2n) is 6.47. The highest BCUT2D eigenvalue weighted by atomic mass is 32.1. The molecule has 4 aromatic rings. The molecule has 0 unspecified atom stereocenters. The highest BCUT2D eigenvalue weighted by molar-refractivity contribution is 7.17. The van der Waals surface area contributed by atoms with Crippen LogP contribution < -0.4 is 10.7 Å². The number of carboxylic acids is 1. The summed E-state index contributed by atoms with van der Waals surface area (Å²) >= 11 is 1.37. The highest BCUT2D eigenvalue weighted by Gasteiger charge is 2.18. The van der Waals surface area contributed by atoms with Gasteiger partial charge in [-0.05, 0) is 23.1 Å². The van der Waals surface area contributed by atoms with Crippen molar-refractivity contribution in [2.24, 2.45) is 0 Å². The Morgan fingerprint density at radius 3 is 2.36 bits per heavy atom. The van der Waals surface area contributed by atoms with E-state index in [4.69, 9.17) is 0 Å². The zero-order chi connectivity index (χ0) is 19.7. The Hall–Kier alpha value is -3.25. The molecule has 2 aromatic carbocycles. The Labute approximate surface area is 165 Å². The van der Waals surface area contributed by atoms with E-state index in [-0.39, 0.29) is 12.0 Å². The second kappa shape index (κ2) is 7.40. The normalized spacial score (nSPS) is 12.2.